The van der Waals surface area contributed by atoms with Crippen molar-refractivity contribution < 1.29 is 8.94 Å². The molecular formula is C19H19FN4OS2. The van der Waals surface area contributed by atoms with E-state index in [1.54, 1.807) is 42.0 Å². The van der Waals surface area contributed by atoms with E-state index in [0.717, 1.165) is 47.2 Å². The lowest BCUT2D eigenvalue weighted by Crippen LogP contribution is -2.29. The normalized spacial score (nSPS) is 15.7. The Morgan fingerprint density at radius 2 is 1.81 bits per heavy atom. The van der Waals surface area contributed by atoms with Gasteiger partial charge < -0.3 is 9.45 Å². The van der Waals surface area contributed by atoms with Gasteiger partial charge in [0.25, 0.3) is 0 Å². The standard InChI is InChI=1S/C19H19FN4OS2/c1-27(25)18-21-10-9-15(22-18)17-16(13-5-7-14(20)8-6-13)23-19(26-17)24-11-3-2-4-12-24/h5-10H,2-4,11-12H2,1H3. The second kappa shape index (κ2) is 7.92. The molecule has 0 amide bonds. The van der Waals surface area contributed by atoms with Gasteiger partial charge in [0.05, 0.1) is 16.3 Å². The highest BCUT2D eigenvalue weighted by molar-refractivity contribution is 7.90. The minimum Gasteiger partial charge on any atom is -0.609 e. The summed E-state index contributed by atoms with van der Waals surface area (Å²) in [6.07, 6.45) is 6.75. The predicted molar refractivity (Wildman–Crippen MR) is 107 cm³/mol. The van der Waals surface area contributed by atoms with Crippen LogP contribution in [0, 0.1) is 5.82 Å². The highest BCUT2D eigenvalue weighted by Gasteiger charge is 2.22. The van der Waals surface area contributed by atoms with Crippen LogP contribution in [0.4, 0.5) is 9.52 Å². The quantitative estimate of drug-likeness (QED) is 0.485. The summed E-state index contributed by atoms with van der Waals surface area (Å²) in [5, 5.41) is 1.24. The molecular weight excluding hydrogens is 383 g/mol. The molecule has 0 saturated carbocycles. The van der Waals surface area contributed by atoms with Gasteiger partial charge in [-0.05, 0) is 49.6 Å². The first kappa shape index (κ1) is 18.3. The summed E-state index contributed by atoms with van der Waals surface area (Å²) < 4.78 is 25.2. The van der Waals surface area contributed by atoms with Gasteiger partial charge in [-0.25, -0.2) is 9.37 Å². The molecule has 1 fully saturated rings. The van der Waals surface area contributed by atoms with Crippen molar-refractivity contribution in [2.45, 2.75) is 24.4 Å². The molecule has 3 heterocycles. The predicted octanol–water partition coefficient (Wildman–Crippen LogP) is 4.13. The fourth-order valence-corrected chi connectivity index (χ4v) is 4.66. The zero-order valence-electron chi connectivity index (χ0n) is 14.9. The van der Waals surface area contributed by atoms with Gasteiger partial charge in [-0.1, -0.05) is 11.3 Å². The largest absolute Gasteiger partial charge is 0.609 e. The lowest BCUT2D eigenvalue weighted by molar-refractivity contribution is 0.577. The lowest BCUT2D eigenvalue weighted by Gasteiger charge is -2.25. The van der Waals surface area contributed by atoms with Gasteiger partial charge in [-0.2, -0.15) is 9.97 Å². The molecule has 3 aromatic rings. The number of piperidine rings is 1. The van der Waals surface area contributed by atoms with Gasteiger partial charge in [0.1, 0.15) is 12.1 Å². The van der Waals surface area contributed by atoms with Gasteiger partial charge in [0, 0.05) is 36.0 Å². The van der Waals surface area contributed by atoms with Crippen LogP contribution in [0.1, 0.15) is 19.3 Å². The van der Waals surface area contributed by atoms with Crippen molar-refractivity contribution in [3.8, 4) is 21.8 Å². The summed E-state index contributed by atoms with van der Waals surface area (Å²) in [6, 6.07) is 8.13. The molecule has 1 aliphatic rings. The van der Waals surface area contributed by atoms with Crippen LogP contribution in [0.3, 0.4) is 0 Å². The van der Waals surface area contributed by atoms with Crippen molar-refractivity contribution in [3.05, 3.63) is 42.3 Å². The maximum Gasteiger partial charge on any atom is 0.342 e. The Hall–Kier alpha value is -2.03. The fourth-order valence-electron chi connectivity index (χ4n) is 3.11. The third-order valence-electron chi connectivity index (χ3n) is 4.48. The SMILES string of the molecule is C[S+]([O-])c1nccc(-c2sc(N3CCCCC3)nc2-c2ccc(F)cc2)n1. The number of thiazole rings is 1. The van der Waals surface area contributed by atoms with Gasteiger partial charge in [-0.3, -0.25) is 0 Å². The molecule has 2 aromatic heterocycles. The second-order valence-electron chi connectivity index (χ2n) is 6.41. The Morgan fingerprint density at radius 1 is 1.07 bits per heavy atom. The van der Waals surface area contributed by atoms with E-state index in [1.807, 2.05) is 0 Å². The van der Waals surface area contributed by atoms with E-state index in [4.69, 9.17) is 4.98 Å². The molecule has 0 spiro atoms. The van der Waals surface area contributed by atoms with E-state index in [-0.39, 0.29) is 5.82 Å². The molecule has 4 rings (SSSR count). The first-order chi connectivity index (χ1) is 13.1. The van der Waals surface area contributed by atoms with E-state index in [0.29, 0.717) is 10.9 Å². The molecule has 0 radical (unpaired) electrons. The minimum atomic E-state index is -1.26. The van der Waals surface area contributed by atoms with Crippen molar-refractivity contribution in [1.29, 1.82) is 0 Å². The zero-order valence-corrected chi connectivity index (χ0v) is 16.5. The van der Waals surface area contributed by atoms with E-state index < -0.39 is 11.2 Å². The van der Waals surface area contributed by atoms with Crippen molar-refractivity contribution in [2.75, 3.05) is 24.2 Å². The fraction of sp³-hybridized carbons (Fsp3) is 0.316. The van der Waals surface area contributed by atoms with Crippen molar-refractivity contribution >= 4 is 27.6 Å². The maximum absolute atomic E-state index is 13.4. The Bertz CT molecular complexity index is 924. The number of aromatic nitrogens is 3. The van der Waals surface area contributed by atoms with Gasteiger partial charge in [0.15, 0.2) is 5.13 Å². The summed E-state index contributed by atoms with van der Waals surface area (Å²) in [5.41, 5.74) is 2.30. The highest BCUT2D eigenvalue weighted by Crippen LogP contribution is 2.40. The molecule has 0 N–H and O–H groups in total. The highest BCUT2D eigenvalue weighted by atomic mass is 32.2. The number of halogens is 1. The molecule has 27 heavy (non-hydrogen) atoms. The molecule has 0 bridgehead atoms. The van der Waals surface area contributed by atoms with Crippen molar-refractivity contribution in [1.82, 2.24) is 15.0 Å². The molecule has 5 nitrogen and oxygen atoms in total. The summed E-state index contributed by atoms with van der Waals surface area (Å²) >= 11 is 0.308. The summed E-state index contributed by atoms with van der Waals surface area (Å²) in [7, 11) is 0. The molecule has 1 atom stereocenters. The van der Waals surface area contributed by atoms with Crippen LogP contribution in [-0.4, -0.2) is 38.8 Å². The molecule has 140 valence electrons. The molecule has 1 unspecified atom stereocenters. The van der Waals surface area contributed by atoms with E-state index in [2.05, 4.69) is 14.9 Å². The van der Waals surface area contributed by atoms with Crippen LogP contribution in [0.2, 0.25) is 0 Å². The van der Waals surface area contributed by atoms with Gasteiger partial charge in [-0.15, -0.1) is 0 Å². The Kier molecular flexibility index (Phi) is 5.38. The number of hydrogen-bond donors (Lipinski definition) is 0. The summed E-state index contributed by atoms with van der Waals surface area (Å²) in [4.78, 5) is 16.6. The summed E-state index contributed by atoms with van der Waals surface area (Å²) in [6.45, 7) is 1.98. The maximum atomic E-state index is 13.4. The van der Waals surface area contributed by atoms with Crippen LogP contribution < -0.4 is 4.90 Å². The summed E-state index contributed by atoms with van der Waals surface area (Å²) in [5.74, 6) is -0.280. The molecule has 1 aromatic carbocycles. The molecule has 8 heteroatoms. The number of benzene rings is 1. The number of anilines is 1. The van der Waals surface area contributed by atoms with E-state index >= 15 is 0 Å². The minimum absolute atomic E-state index is 0.280. The average Bonchev–Trinajstić information content (AvgIpc) is 3.15. The first-order valence-corrected chi connectivity index (χ1v) is 11.2. The van der Waals surface area contributed by atoms with Crippen molar-refractivity contribution in [2.24, 2.45) is 0 Å². The first-order valence-electron chi connectivity index (χ1n) is 8.80. The van der Waals surface area contributed by atoms with Crippen LogP contribution in [0.15, 0.2) is 41.7 Å². The molecule has 1 aliphatic heterocycles. The molecule has 0 aliphatic carbocycles. The third kappa shape index (κ3) is 3.97. The van der Waals surface area contributed by atoms with Crippen LogP contribution in [0.5, 0.6) is 0 Å². The number of rotatable bonds is 4. The van der Waals surface area contributed by atoms with E-state index in [9.17, 15) is 8.94 Å². The monoisotopic (exact) mass is 402 g/mol. The van der Waals surface area contributed by atoms with Crippen molar-refractivity contribution in [3.63, 3.8) is 0 Å². The third-order valence-corrected chi connectivity index (χ3v) is 6.33. The smallest absolute Gasteiger partial charge is 0.342 e. The number of nitrogens with zero attached hydrogens (tertiary/aromatic N) is 4. The zero-order chi connectivity index (χ0) is 18.8. The number of hydrogen-bond acceptors (Lipinski definition) is 6. The van der Waals surface area contributed by atoms with E-state index in [1.165, 1.54) is 18.6 Å². The Balaban J connectivity index is 1.81. The van der Waals surface area contributed by atoms with Gasteiger partial charge in [0.2, 0.25) is 0 Å². The Labute approximate surface area is 164 Å². The second-order valence-corrected chi connectivity index (χ2v) is 8.66. The molecule has 1 saturated heterocycles. The van der Waals surface area contributed by atoms with Crippen LogP contribution in [-0.2, 0) is 11.2 Å². The van der Waals surface area contributed by atoms with Gasteiger partial charge >= 0.3 is 5.16 Å². The lowest BCUT2D eigenvalue weighted by atomic mass is 10.1. The Morgan fingerprint density at radius 3 is 2.52 bits per heavy atom. The van der Waals surface area contributed by atoms with Crippen LogP contribution in [0.25, 0.3) is 21.8 Å². The van der Waals surface area contributed by atoms with Crippen LogP contribution >= 0.6 is 11.3 Å². The average molecular weight is 403 g/mol. The topological polar surface area (TPSA) is 65.0 Å².